The summed E-state index contributed by atoms with van der Waals surface area (Å²) in [6.07, 6.45) is 2.12. The van der Waals surface area contributed by atoms with Gasteiger partial charge in [0.25, 0.3) is 0 Å². The van der Waals surface area contributed by atoms with Gasteiger partial charge < -0.3 is 14.7 Å². The van der Waals surface area contributed by atoms with Gasteiger partial charge >= 0.3 is 0 Å². The van der Waals surface area contributed by atoms with Gasteiger partial charge in [-0.2, -0.15) is 0 Å². The van der Waals surface area contributed by atoms with Gasteiger partial charge in [-0.1, -0.05) is 19.9 Å². The van der Waals surface area contributed by atoms with E-state index in [2.05, 4.69) is 25.3 Å². The lowest BCUT2D eigenvalue weighted by Gasteiger charge is -2.19. The number of aliphatic hydroxyl groups excluding tert-OH is 1. The molecular formula is C11H23NO2. The summed E-state index contributed by atoms with van der Waals surface area (Å²) in [5.74, 6) is 0. The van der Waals surface area contributed by atoms with Gasteiger partial charge in [0.15, 0.2) is 0 Å². The number of nitrogens with zero attached hydrogens (tertiary/aromatic N) is 1. The zero-order valence-corrected chi connectivity index (χ0v) is 9.41. The van der Waals surface area contributed by atoms with E-state index in [1.807, 2.05) is 0 Å². The normalized spacial score (nSPS) is 13.1. The minimum atomic E-state index is -0.351. The molecule has 0 amide bonds. The highest BCUT2D eigenvalue weighted by Gasteiger charge is 2.06. The first kappa shape index (κ1) is 13.6. The van der Waals surface area contributed by atoms with Gasteiger partial charge in [-0.15, -0.1) is 6.58 Å². The molecule has 0 aromatic heterocycles. The summed E-state index contributed by atoms with van der Waals surface area (Å²) in [7, 11) is 0. The number of hydrogen-bond donors (Lipinski definition) is 1. The molecule has 1 N–H and O–H groups in total. The van der Waals surface area contributed by atoms with Crippen LogP contribution in [0, 0.1) is 0 Å². The van der Waals surface area contributed by atoms with Crippen molar-refractivity contribution in [1.29, 1.82) is 0 Å². The van der Waals surface area contributed by atoms with E-state index in [0.717, 1.165) is 26.1 Å². The van der Waals surface area contributed by atoms with Crippen molar-refractivity contribution in [2.24, 2.45) is 0 Å². The highest BCUT2D eigenvalue weighted by molar-refractivity contribution is 4.65. The number of rotatable bonds is 9. The van der Waals surface area contributed by atoms with E-state index in [-0.39, 0.29) is 6.10 Å². The zero-order chi connectivity index (χ0) is 10.8. The summed E-state index contributed by atoms with van der Waals surface area (Å²) in [4.78, 5) is 2.29. The maximum Gasteiger partial charge on any atom is 0.0786 e. The second kappa shape index (κ2) is 9.19. The molecule has 0 heterocycles. The Morgan fingerprint density at radius 2 is 2.07 bits per heavy atom. The van der Waals surface area contributed by atoms with Crippen molar-refractivity contribution in [1.82, 2.24) is 4.90 Å². The van der Waals surface area contributed by atoms with E-state index in [1.165, 1.54) is 0 Å². The van der Waals surface area contributed by atoms with Crippen molar-refractivity contribution >= 4 is 0 Å². The maximum absolute atomic E-state index is 9.53. The summed E-state index contributed by atoms with van der Waals surface area (Å²) in [6.45, 7) is 11.7. The van der Waals surface area contributed by atoms with Crippen LogP contribution in [0.3, 0.4) is 0 Å². The summed E-state index contributed by atoms with van der Waals surface area (Å²) in [5, 5.41) is 9.53. The Morgan fingerprint density at radius 1 is 1.43 bits per heavy atom. The van der Waals surface area contributed by atoms with E-state index < -0.39 is 0 Å². The van der Waals surface area contributed by atoms with E-state index in [0.29, 0.717) is 13.2 Å². The van der Waals surface area contributed by atoms with Crippen LogP contribution in [0.4, 0.5) is 0 Å². The van der Waals surface area contributed by atoms with Crippen LogP contribution in [-0.2, 0) is 4.74 Å². The number of hydrogen-bond acceptors (Lipinski definition) is 3. The van der Waals surface area contributed by atoms with Gasteiger partial charge in [0, 0.05) is 6.54 Å². The molecule has 0 aliphatic rings. The molecular weight excluding hydrogens is 178 g/mol. The molecule has 84 valence electrons. The predicted octanol–water partition coefficient (Wildman–Crippen LogP) is 1.28. The molecule has 3 heteroatoms. The summed E-state index contributed by atoms with van der Waals surface area (Å²) in [5.41, 5.74) is 0. The fourth-order valence-electron chi connectivity index (χ4n) is 1.24. The Hall–Kier alpha value is -0.380. The zero-order valence-electron chi connectivity index (χ0n) is 9.41. The summed E-state index contributed by atoms with van der Waals surface area (Å²) in [6, 6.07) is 0. The van der Waals surface area contributed by atoms with Crippen molar-refractivity contribution in [2.45, 2.75) is 26.4 Å². The molecule has 3 nitrogen and oxygen atoms in total. The smallest absolute Gasteiger partial charge is 0.0786 e. The van der Waals surface area contributed by atoms with Gasteiger partial charge in [-0.05, 0) is 19.5 Å². The van der Waals surface area contributed by atoms with Crippen LogP contribution in [-0.4, -0.2) is 49.0 Å². The van der Waals surface area contributed by atoms with E-state index in [9.17, 15) is 5.11 Å². The van der Waals surface area contributed by atoms with E-state index in [4.69, 9.17) is 4.74 Å². The third-order valence-corrected chi connectivity index (χ3v) is 2.22. The topological polar surface area (TPSA) is 32.7 Å². The van der Waals surface area contributed by atoms with Crippen molar-refractivity contribution in [3.05, 3.63) is 12.7 Å². The molecule has 0 aliphatic carbocycles. The van der Waals surface area contributed by atoms with E-state index >= 15 is 0 Å². The summed E-state index contributed by atoms with van der Waals surface area (Å²) < 4.78 is 5.16. The third-order valence-electron chi connectivity index (χ3n) is 2.22. The van der Waals surface area contributed by atoms with Crippen LogP contribution in [0.2, 0.25) is 0 Å². The van der Waals surface area contributed by atoms with Crippen LogP contribution >= 0.6 is 0 Å². The molecule has 0 aromatic carbocycles. The first-order valence-electron chi connectivity index (χ1n) is 5.33. The first-order chi connectivity index (χ1) is 6.74. The second-order valence-electron chi connectivity index (χ2n) is 3.30. The Balaban J connectivity index is 3.41. The predicted molar refractivity (Wildman–Crippen MR) is 59.4 cm³/mol. The Bertz CT molecular complexity index is 135. The van der Waals surface area contributed by atoms with Crippen LogP contribution in [0.1, 0.15) is 20.3 Å². The molecule has 14 heavy (non-hydrogen) atoms. The molecule has 0 rings (SSSR count). The van der Waals surface area contributed by atoms with Crippen molar-refractivity contribution < 1.29 is 9.84 Å². The fourth-order valence-corrected chi connectivity index (χ4v) is 1.24. The number of ether oxygens (including phenoxy) is 1. The maximum atomic E-state index is 9.53. The van der Waals surface area contributed by atoms with Crippen LogP contribution < -0.4 is 0 Å². The standard InChI is InChI=1S/C11H23NO2/c1-4-9-14-10-11(13)7-8-12(5-2)6-3/h4,11,13H,1,5-10H2,2-3H3. The van der Waals surface area contributed by atoms with Gasteiger partial charge in [0.05, 0.1) is 19.3 Å². The van der Waals surface area contributed by atoms with Gasteiger partial charge in [-0.3, -0.25) is 0 Å². The lowest BCUT2D eigenvalue weighted by Crippen LogP contribution is -2.28. The quantitative estimate of drug-likeness (QED) is 0.450. The van der Waals surface area contributed by atoms with E-state index in [1.54, 1.807) is 6.08 Å². The monoisotopic (exact) mass is 201 g/mol. The SMILES string of the molecule is C=CCOCC(O)CCN(CC)CC. The second-order valence-corrected chi connectivity index (χ2v) is 3.30. The largest absolute Gasteiger partial charge is 0.391 e. The Kier molecular flexibility index (Phi) is 8.94. The van der Waals surface area contributed by atoms with Crippen molar-refractivity contribution in [3.63, 3.8) is 0 Å². The average molecular weight is 201 g/mol. The van der Waals surface area contributed by atoms with Crippen LogP contribution in [0.15, 0.2) is 12.7 Å². The molecule has 0 radical (unpaired) electrons. The van der Waals surface area contributed by atoms with Crippen molar-refractivity contribution in [3.8, 4) is 0 Å². The minimum absolute atomic E-state index is 0.351. The number of aliphatic hydroxyl groups is 1. The fraction of sp³-hybridized carbons (Fsp3) is 0.818. The highest BCUT2D eigenvalue weighted by Crippen LogP contribution is 1.97. The minimum Gasteiger partial charge on any atom is -0.391 e. The Labute approximate surface area is 87.4 Å². The molecule has 0 bridgehead atoms. The molecule has 0 spiro atoms. The molecule has 0 fully saturated rings. The van der Waals surface area contributed by atoms with Crippen LogP contribution in [0.5, 0.6) is 0 Å². The lowest BCUT2D eigenvalue weighted by molar-refractivity contribution is 0.0389. The Morgan fingerprint density at radius 3 is 2.57 bits per heavy atom. The molecule has 1 atom stereocenters. The molecule has 1 unspecified atom stereocenters. The van der Waals surface area contributed by atoms with Gasteiger partial charge in [0.1, 0.15) is 0 Å². The third kappa shape index (κ3) is 7.06. The van der Waals surface area contributed by atoms with Gasteiger partial charge in [-0.25, -0.2) is 0 Å². The first-order valence-corrected chi connectivity index (χ1v) is 5.33. The molecule has 0 saturated carbocycles. The molecule has 0 aromatic rings. The van der Waals surface area contributed by atoms with Crippen molar-refractivity contribution in [2.75, 3.05) is 32.8 Å². The molecule has 0 aliphatic heterocycles. The highest BCUT2D eigenvalue weighted by atomic mass is 16.5. The van der Waals surface area contributed by atoms with Gasteiger partial charge in [0.2, 0.25) is 0 Å². The molecule has 0 saturated heterocycles. The van der Waals surface area contributed by atoms with Crippen LogP contribution in [0.25, 0.3) is 0 Å². The summed E-state index contributed by atoms with van der Waals surface area (Å²) >= 11 is 0. The lowest BCUT2D eigenvalue weighted by atomic mass is 10.2. The average Bonchev–Trinajstić information content (AvgIpc) is 2.20.